The van der Waals surface area contributed by atoms with E-state index >= 15 is 0 Å². The van der Waals surface area contributed by atoms with Crippen molar-refractivity contribution in [2.45, 2.75) is 5.33 Å². The molecule has 1 rings (SSSR count). The summed E-state index contributed by atoms with van der Waals surface area (Å²) in [7, 11) is 4.93. The van der Waals surface area contributed by atoms with Crippen LogP contribution in [0.5, 0.6) is 5.75 Å². The first-order chi connectivity index (χ1) is 4.86. The van der Waals surface area contributed by atoms with Gasteiger partial charge in [0.15, 0.2) is 0 Å². The van der Waals surface area contributed by atoms with E-state index in [0.29, 0.717) is 5.75 Å². The van der Waals surface area contributed by atoms with Gasteiger partial charge in [0.05, 0.1) is 5.75 Å². The van der Waals surface area contributed by atoms with Crippen LogP contribution in [0.25, 0.3) is 0 Å². The number of benzene rings is 1. The van der Waals surface area contributed by atoms with E-state index in [1.165, 1.54) is 5.56 Å². The van der Waals surface area contributed by atoms with Gasteiger partial charge >= 0.3 is 8.05 Å². The van der Waals surface area contributed by atoms with Crippen LogP contribution in [0, 0.1) is 0 Å². The molecule has 0 aliphatic rings. The maximum atomic E-state index is 4.93. The molecule has 0 saturated carbocycles. The summed E-state index contributed by atoms with van der Waals surface area (Å²) >= 11 is 3.33. The third-order valence-electron chi connectivity index (χ3n) is 1.21. The van der Waals surface area contributed by atoms with Gasteiger partial charge in [-0.2, -0.15) is 0 Å². The Morgan fingerprint density at radius 2 is 1.90 bits per heavy atom. The van der Waals surface area contributed by atoms with Crippen molar-refractivity contribution in [2.75, 3.05) is 0 Å². The monoisotopic (exact) mass is 196 g/mol. The third-order valence-corrected chi connectivity index (χ3v) is 1.86. The van der Waals surface area contributed by atoms with Crippen molar-refractivity contribution in [1.29, 1.82) is 0 Å². The van der Waals surface area contributed by atoms with Crippen LogP contribution in [0.2, 0.25) is 0 Å². The predicted molar refractivity (Wildman–Crippen MR) is 45.5 cm³/mol. The maximum Gasteiger partial charge on any atom is 0.374 e. The number of rotatable bonds is 2. The zero-order chi connectivity index (χ0) is 7.40. The molecule has 1 nitrogen and oxygen atoms in total. The van der Waals surface area contributed by atoms with Gasteiger partial charge in [-0.05, 0) is 17.7 Å². The van der Waals surface area contributed by atoms with Crippen molar-refractivity contribution in [2.24, 2.45) is 0 Å². The molecular formula is C7H6BBrO. The summed E-state index contributed by atoms with van der Waals surface area (Å²) in [5.74, 6) is 0.685. The van der Waals surface area contributed by atoms with E-state index in [0.717, 1.165) is 5.33 Å². The summed E-state index contributed by atoms with van der Waals surface area (Å²) in [6.07, 6.45) is 0. The molecule has 0 N–H and O–H groups in total. The number of halogens is 1. The highest BCUT2D eigenvalue weighted by Gasteiger charge is 1.89. The fourth-order valence-electron chi connectivity index (χ4n) is 0.657. The summed E-state index contributed by atoms with van der Waals surface area (Å²) in [6.45, 7) is 0. The summed E-state index contributed by atoms with van der Waals surface area (Å²) in [5.41, 5.74) is 1.21. The van der Waals surface area contributed by atoms with Gasteiger partial charge in [0.25, 0.3) is 0 Å². The van der Waals surface area contributed by atoms with E-state index in [9.17, 15) is 0 Å². The molecule has 2 radical (unpaired) electrons. The van der Waals surface area contributed by atoms with Gasteiger partial charge in [-0.15, -0.1) is 0 Å². The molecule has 0 fully saturated rings. The molecule has 0 aliphatic carbocycles. The Morgan fingerprint density at radius 1 is 1.30 bits per heavy atom. The molecule has 0 aromatic heterocycles. The molecule has 0 spiro atoms. The van der Waals surface area contributed by atoms with Crippen LogP contribution < -0.4 is 4.65 Å². The van der Waals surface area contributed by atoms with Crippen molar-refractivity contribution in [1.82, 2.24) is 0 Å². The van der Waals surface area contributed by atoms with Crippen LogP contribution in [0.3, 0.4) is 0 Å². The van der Waals surface area contributed by atoms with Crippen LogP contribution in [-0.2, 0) is 5.33 Å². The lowest BCUT2D eigenvalue weighted by Crippen LogP contribution is -1.84. The molecule has 50 valence electrons. The third kappa shape index (κ3) is 1.77. The second-order valence-corrected chi connectivity index (χ2v) is 2.46. The SMILES string of the molecule is [B]Oc1ccc(CBr)cc1. The lowest BCUT2D eigenvalue weighted by molar-refractivity contribution is 0.616. The minimum Gasteiger partial charge on any atom is -0.568 e. The Kier molecular flexibility index (Phi) is 2.81. The highest BCUT2D eigenvalue weighted by atomic mass is 79.9. The van der Waals surface area contributed by atoms with Gasteiger partial charge in [0.1, 0.15) is 0 Å². The van der Waals surface area contributed by atoms with Gasteiger partial charge in [0, 0.05) is 5.33 Å². The number of hydrogen-bond donors (Lipinski definition) is 0. The summed E-state index contributed by atoms with van der Waals surface area (Å²) < 4.78 is 4.50. The quantitative estimate of drug-likeness (QED) is 0.520. The van der Waals surface area contributed by atoms with Crippen molar-refractivity contribution >= 4 is 24.0 Å². The van der Waals surface area contributed by atoms with Crippen molar-refractivity contribution in [3.8, 4) is 5.75 Å². The van der Waals surface area contributed by atoms with Crippen LogP contribution in [0.15, 0.2) is 24.3 Å². The highest BCUT2D eigenvalue weighted by molar-refractivity contribution is 9.08. The number of hydrogen-bond acceptors (Lipinski definition) is 1. The molecule has 0 atom stereocenters. The highest BCUT2D eigenvalue weighted by Crippen LogP contribution is 2.12. The number of alkyl halides is 1. The zero-order valence-electron chi connectivity index (χ0n) is 5.38. The van der Waals surface area contributed by atoms with E-state index in [2.05, 4.69) is 20.6 Å². The van der Waals surface area contributed by atoms with Gasteiger partial charge in [0.2, 0.25) is 0 Å². The molecule has 1 aromatic rings. The second-order valence-electron chi connectivity index (χ2n) is 1.90. The minimum absolute atomic E-state index is 0.685. The van der Waals surface area contributed by atoms with Crippen molar-refractivity contribution in [3.05, 3.63) is 29.8 Å². The van der Waals surface area contributed by atoms with E-state index in [4.69, 9.17) is 8.05 Å². The Hall–Kier alpha value is -0.435. The molecule has 10 heavy (non-hydrogen) atoms. The summed E-state index contributed by atoms with van der Waals surface area (Å²) in [6, 6.07) is 7.57. The molecule has 0 bridgehead atoms. The molecule has 0 unspecified atom stereocenters. The van der Waals surface area contributed by atoms with Crippen LogP contribution in [0.1, 0.15) is 5.56 Å². The summed E-state index contributed by atoms with van der Waals surface area (Å²) in [5, 5.41) is 0.859. The Labute approximate surface area is 70.0 Å². The fourth-order valence-corrected chi connectivity index (χ4v) is 1.03. The normalized spacial score (nSPS) is 9.30. The van der Waals surface area contributed by atoms with Crippen molar-refractivity contribution in [3.63, 3.8) is 0 Å². The smallest absolute Gasteiger partial charge is 0.374 e. The first-order valence-electron chi connectivity index (χ1n) is 2.88. The second kappa shape index (κ2) is 3.66. The van der Waals surface area contributed by atoms with E-state index in [-0.39, 0.29) is 0 Å². The maximum absolute atomic E-state index is 4.93. The average molecular weight is 197 g/mol. The van der Waals surface area contributed by atoms with E-state index < -0.39 is 0 Å². The van der Waals surface area contributed by atoms with Crippen LogP contribution in [-0.4, -0.2) is 8.05 Å². The molecule has 1 aromatic carbocycles. The predicted octanol–water partition coefficient (Wildman–Crippen LogP) is 2.04. The largest absolute Gasteiger partial charge is 0.568 e. The first-order valence-corrected chi connectivity index (χ1v) is 4.00. The van der Waals surface area contributed by atoms with E-state index in [1.54, 1.807) is 0 Å². The lowest BCUT2D eigenvalue weighted by atomic mass is 10.2. The standard InChI is InChI=1S/C7H6BBrO/c8-10-7-3-1-6(5-9)2-4-7/h1-4H,5H2. The van der Waals surface area contributed by atoms with Gasteiger partial charge < -0.3 is 4.65 Å². The molecule has 3 heteroatoms. The Morgan fingerprint density at radius 3 is 2.30 bits per heavy atom. The average Bonchev–Trinajstić information content (AvgIpc) is 2.05. The van der Waals surface area contributed by atoms with E-state index in [1.807, 2.05) is 24.3 Å². The lowest BCUT2D eigenvalue weighted by Gasteiger charge is -1.99. The molecule has 0 aliphatic heterocycles. The first kappa shape index (κ1) is 7.67. The Bertz CT molecular complexity index is 174. The van der Waals surface area contributed by atoms with Gasteiger partial charge in [-0.3, -0.25) is 0 Å². The fraction of sp³-hybridized carbons (Fsp3) is 0.143. The minimum atomic E-state index is 0.685. The zero-order valence-corrected chi connectivity index (χ0v) is 6.97. The molecule has 0 heterocycles. The van der Waals surface area contributed by atoms with Crippen LogP contribution >= 0.6 is 15.9 Å². The topological polar surface area (TPSA) is 9.23 Å². The molecule has 0 amide bonds. The summed E-state index contributed by atoms with van der Waals surface area (Å²) in [4.78, 5) is 0. The Balaban J connectivity index is 2.80. The molecule has 0 saturated heterocycles. The van der Waals surface area contributed by atoms with Crippen molar-refractivity contribution < 1.29 is 4.65 Å². The molecular weight excluding hydrogens is 191 g/mol. The van der Waals surface area contributed by atoms with Gasteiger partial charge in [-0.25, -0.2) is 0 Å². The van der Waals surface area contributed by atoms with Crippen LogP contribution in [0.4, 0.5) is 0 Å². The van der Waals surface area contributed by atoms with Gasteiger partial charge in [-0.1, -0.05) is 28.1 Å².